The highest BCUT2D eigenvalue weighted by atomic mass is 32.2. The van der Waals surface area contributed by atoms with E-state index in [1.807, 2.05) is 17.0 Å². The van der Waals surface area contributed by atoms with E-state index in [4.69, 9.17) is 0 Å². The van der Waals surface area contributed by atoms with Gasteiger partial charge in [0.1, 0.15) is 0 Å². The van der Waals surface area contributed by atoms with Gasteiger partial charge in [0.25, 0.3) is 5.91 Å². The predicted molar refractivity (Wildman–Crippen MR) is 87.7 cm³/mol. The third-order valence-electron chi connectivity index (χ3n) is 4.94. The zero-order valence-electron chi connectivity index (χ0n) is 13.0. The number of anilines is 1. The third-order valence-corrected chi connectivity index (χ3v) is 6.81. The summed E-state index contributed by atoms with van der Waals surface area (Å²) in [6.07, 6.45) is 4.55. The van der Waals surface area contributed by atoms with Gasteiger partial charge < -0.3 is 9.80 Å². The zero-order valence-corrected chi connectivity index (χ0v) is 13.8. The normalized spacial score (nSPS) is 22.8. The van der Waals surface area contributed by atoms with Crippen molar-refractivity contribution < 1.29 is 13.2 Å². The second kappa shape index (κ2) is 5.37. The SMILES string of the molecule is O=C(C1=C2CCCN2c2ccccc2S1(=O)=O)N1CCCCC1. The van der Waals surface area contributed by atoms with E-state index in [0.717, 1.165) is 37.9 Å². The molecule has 3 aliphatic heterocycles. The Balaban J connectivity index is 1.86. The van der Waals surface area contributed by atoms with E-state index in [2.05, 4.69) is 0 Å². The topological polar surface area (TPSA) is 57.7 Å². The minimum atomic E-state index is -3.74. The number of carbonyl (C=O) groups excluding carboxylic acids is 1. The molecule has 0 radical (unpaired) electrons. The van der Waals surface area contributed by atoms with E-state index in [0.29, 0.717) is 25.2 Å². The van der Waals surface area contributed by atoms with Crippen LogP contribution in [0.3, 0.4) is 0 Å². The van der Waals surface area contributed by atoms with Crippen LogP contribution in [0.1, 0.15) is 32.1 Å². The molecule has 1 aromatic carbocycles. The molecule has 2 saturated heterocycles. The maximum Gasteiger partial charge on any atom is 0.267 e. The van der Waals surface area contributed by atoms with Gasteiger partial charge in [0.2, 0.25) is 9.84 Å². The number of para-hydroxylation sites is 1. The molecule has 5 nitrogen and oxygen atoms in total. The molecule has 0 spiro atoms. The summed E-state index contributed by atoms with van der Waals surface area (Å²) in [5, 5.41) is 0. The molecular weight excluding hydrogens is 312 g/mol. The van der Waals surface area contributed by atoms with Crippen molar-refractivity contribution in [3.63, 3.8) is 0 Å². The van der Waals surface area contributed by atoms with Crippen molar-refractivity contribution in [1.29, 1.82) is 0 Å². The Hall–Kier alpha value is -1.82. The lowest BCUT2D eigenvalue weighted by Crippen LogP contribution is -2.41. The molecule has 0 saturated carbocycles. The Morgan fingerprint density at radius 2 is 1.70 bits per heavy atom. The summed E-state index contributed by atoms with van der Waals surface area (Å²) >= 11 is 0. The smallest absolute Gasteiger partial charge is 0.267 e. The first-order valence-corrected chi connectivity index (χ1v) is 9.73. The van der Waals surface area contributed by atoms with Gasteiger partial charge in [-0.05, 0) is 44.2 Å². The fraction of sp³-hybridized carbons (Fsp3) is 0.471. The lowest BCUT2D eigenvalue weighted by atomic mass is 10.1. The molecule has 0 unspecified atom stereocenters. The Morgan fingerprint density at radius 1 is 0.957 bits per heavy atom. The van der Waals surface area contributed by atoms with Crippen molar-refractivity contribution in [2.24, 2.45) is 0 Å². The standard InChI is InChI=1S/C17H20N2O3S/c20-17(18-10-4-1-5-11-18)16-14-8-6-12-19(14)13-7-2-3-9-15(13)23(16,21)22/h2-3,7,9H,1,4-6,8,10-12H2. The number of carbonyl (C=O) groups is 1. The number of hydrogen-bond donors (Lipinski definition) is 0. The van der Waals surface area contributed by atoms with E-state index in [9.17, 15) is 13.2 Å². The van der Waals surface area contributed by atoms with Gasteiger partial charge in [-0.1, -0.05) is 12.1 Å². The molecule has 6 heteroatoms. The minimum absolute atomic E-state index is 0.0237. The lowest BCUT2D eigenvalue weighted by molar-refractivity contribution is -0.127. The molecule has 1 amide bonds. The fourth-order valence-electron chi connectivity index (χ4n) is 3.83. The average Bonchev–Trinajstić information content (AvgIpc) is 3.04. The lowest BCUT2D eigenvalue weighted by Gasteiger charge is -2.33. The summed E-state index contributed by atoms with van der Waals surface area (Å²) in [5.74, 6) is -0.305. The van der Waals surface area contributed by atoms with E-state index in [1.165, 1.54) is 0 Å². The number of benzene rings is 1. The van der Waals surface area contributed by atoms with Crippen molar-refractivity contribution >= 4 is 21.4 Å². The molecule has 23 heavy (non-hydrogen) atoms. The molecule has 3 heterocycles. The Kier molecular flexibility index (Phi) is 3.44. The first-order chi connectivity index (χ1) is 11.1. The van der Waals surface area contributed by atoms with E-state index < -0.39 is 9.84 Å². The van der Waals surface area contributed by atoms with Gasteiger partial charge in [-0.2, -0.15) is 0 Å². The quantitative estimate of drug-likeness (QED) is 0.792. The monoisotopic (exact) mass is 332 g/mol. The van der Waals surface area contributed by atoms with Crippen molar-refractivity contribution in [2.45, 2.75) is 37.0 Å². The number of amides is 1. The summed E-state index contributed by atoms with van der Waals surface area (Å²) in [5.41, 5.74) is 1.41. The molecule has 0 bridgehead atoms. The van der Waals surface area contributed by atoms with Crippen LogP contribution in [0.25, 0.3) is 0 Å². The molecule has 3 aliphatic rings. The van der Waals surface area contributed by atoms with Crippen molar-refractivity contribution in [1.82, 2.24) is 4.90 Å². The van der Waals surface area contributed by atoms with Crippen molar-refractivity contribution in [3.8, 4) is 0 Å². The van der Waals surface area contributed by atoms with Crippen LogP contribution < -0.4 is 4.90 Å². The molecule has 122 valence electrons. The van der Waals surface area contributed by atoms with E-state index >= 15 is 0 Å². The van der Waals surface area contributed by atoms with Gasteiger partial charge in [0.05, 0.1) is 10.6 Å². The summed E-state index contributed by atoms with van der Waals surface area (Å²) in [6, 6.07) is 7.02. The van der Waals surface area contributed by atoms with Crippen LogP contribution in [-0.2, 0) is 14.6 Å². The number of allylic oxidation sites excluding steroid dienone is 1. The first-order valence-electron chi connectivity index (χ1n) is 8.25. The second-order valence-corrected chi connectivity index (χ2v) is 8.21. The predicted octanol–water partition coefficient (Wildman–Crippen LogP) is 2.30. The number of rotatable bonds is 1. The maximum atomic E-state index is 13.1. The van der Waals surface area contributed by atoms with Gasteiger partial charge in [-0.15, -0.1) is 0 Å². The number of fused-ring (bicyclic) bond motifs is 3. The Bertz CT molecular complexity index is 792. The molecule has 4 rings (SSSR count). The number of piperidine rings is 1. The Labute approximate surface area is 136 Å². The van der Waals surface area contributed by atoms with Crippen LogP contribution in [0, 0.1) is 0 Å². The van der Waals surface area contributed by atoms with E-state index in [-0.39, 0.29) is 15.7 Å². The number of hydrogen-bond acceptors (Lipinski definition) is 4. The van der Waals surface area contributed by atoms with Crippen LogP contribution in [0.5, 0.6) is 0 Å². The van der Waals surface area contributed by atoms with Gasteiger partial charge in [-0.25, -0.2) is 8.42 Å². The van der Waals surface area contributed by atoms with Gasteiger partial charge in [-0.3, -0.25) is 4.79 Å². The highest BCUT2D eigenvalue weighted by molar-refractivity contribution is 7.96. The molecule has 0 atom stereocenters. The molecule has 0 aliphatic carbocycles. The van der Waals surface area contributed by atoms with Crippen LogP contribution in [-0.4, -0.2) is 38.9 Å². The first kappa shape index (κ1) is 14.8. The summed E-state index contributed by atoms with van der Waals surface area (Å²) in [7, 11) is -3.74. The maximum absolute atomic E-state index is 13.1. The fourth-order valence-corrected chi connectivity index (χ4v) is 5.64. The number of likely N-dealkylation sites (tertiary alicyclic amines) is 1. The van der Waals surface area contributed by atoms with Crippen LogP contribution in [0.2, 0.25) is 0 Å². The number of sulfone groups is 1. The minimum Gasteiger partial charge on any atom is -0.343 e. The van der Waals surface area contributed by atoms with E-state index in [1.54, 1.807) is 17.0 Å². The second-order valence-electron chi connectivity index (χ2n) is 6.36. The van der Waals surface area contributed by atoms with Crippen LogP contribution >= 0.6 is 0 Å². The Morgan fingerprint density at radius 3 is 2.48 bits per heavy atom. The molecular formula is C17H20N2O3S. The van der Waals surface area contributed by atoms with Gasteiger partial charge >= 0.3 is 0 Å². The van der Waals surface area contributed by atoms with Crippen LogP contribution in [0.15, 0.2) is 39.8 Å². The van der Waals surface area contributed by atoms with Crippen molar-refractivity contribution in [2.75, 3.05) is 24.5 Å². The highest BCUT2D eigenvalue weighted by Gasteiger charge is 2.43. The largest absolute Gasteiger partial charge is 0.343 e. The van der Waals surface area contributed by atoms with Gasteiger partial charge in [0.15, 0.2) is 4.91 Å². The third kappa shape index (κ3) is 2.19. The molecule has 0 N–H and O–H groups in total. The zero-order chi connectivity index (χ0) is 16.0. The molecule has 2 fully saturated rings. The van der Waals surface area contributed by atoms with Crippen LogP contribution in [0.4, 0.5) is 5.69 Å². The summed E-state index contributed by atoms with van der Waals surface area (Å²) < 4.78 is 26.2. The average molecular weight is 332 g/mol. The summed E-state index contributed by atoms with van der Waals surface area (Å²) in [6.45, 7) is 2.10. The summed E-state index contributed by atoms with van der Waals surface area (Å²) in [4.78, 5) is 17.0. The molecule has 0 aromatic heterocycles. The number of nitrogens with zero attached hydrogens (tertiary/aromatic N) is 2. The molecule has 1 aromatic rings. The highest BCUT2D eigenvalue weighted by Crippen LogP contribution is 2.43. The van der Waals surface area contributed by atoms with Gasteiger partial charge in [0, 0.05) is 25.3 Å². The van der Waals surface area contributed by atoms with Crippen molar-refractivity contribution in [3.05, 3.63) is 34.9 Å².